The van der Waals surface area contributed by atoms with E-state index in [0.717, 1.165) is 51.6 Å². The summed E-state index contributed by atoms with van der Waals surface area (Å²) in [5.41, 5.74) is 2.21. The van der Waals surface area contributed by atoms with E-state index >= 15 is 0 Å². The Labute approximate surface area is 209 Å². The molecule has 0 atom stereocenters. The molecule has 1 aromatic heterocycles. The van der Waals surface area contributed by atoms with E-state index in [1.807, 2.05) is 23.1 Å². The molecule has 3 fully saturated rings. The maximum atomic E-state index is 13.5. The third-order valence-corrected chi connectivity index (χ3v) is 8.59. The number of rotatable bonds is 4. The fourth-order valence-corrected chi connectivity index (χ4v) is 6.91. The summed E-state index contributed by atoms with van der Waals surface area (Å²) in [5, 5.41) is 0.915. The fraction of sp³-hybridized carbons (Fsp3) is 0.481. The highest BCUT2D eigenvalue weighted by Gasteiger charge is 2.39. The Bertz CT molecular complexity index is 1080. The highest BCUT2D eigenvalue weighted by atomic mass is 79.9. The van der Waals surface area contributed by atoms with E-state index in [1.54, 1.807) is 0 Å². The third-order valence-electron chi connectivity index (χ3n) is 6.93. The highest BCUT2D eigenvalue weighted by Crippen LogP contribution is 2.39. The molecule has 174 valence electrons. The van der Waals surface area contributed by atoms with Crippen molar-refractivity contribution in [3.63, 3.8) is 0 Å². The van der Waals surface area contributed by atoms with Crippen molar-refractivity contribution in [3.05, 3.63) is 51.0 Å². The zero-order valence-electron chi connectivity index (χ0n) is 19.2. The summed E-state index contributed by atoms with van der Waals surface area (Å²) in [6.45, 7) is 2.07. The number of thioether (sulfide) groups is 1. The minimum Gasteiger partial charge on any atom is -0.457 e. The Morgan fingerprint density at radius 1 is 1.03 bits per heavy atom. The predicted molar refractivity (Wildman–Crippen MR) is 140 cm³/mol. The van der Waals surface area contributed by atoms with Gasteiger partial charge in [-0.05, 0) is 74.2 Å². The number of nitrogens with zero attached hydrogens (tertiary/aromatic N) is 2. The molecule has 6 heteroatoms. The van der Waals surface area contributed by atoms with Crippen LogP contribution in [0.1, 0.15) is 75.5 Å². The van der Waals surface area contributed by atoms with Crippen LogP contribution in [0.25, 0.3) is 17.4 Å². The average molecular weight is 528 g/mol. The summed E-state index contributed by atoms with van der Waals surface area (Å²) in [4.78, 5) is 21.4. The van der Waals surface area contributed by atoms with Crippen LogP contribution in [0.2, 0.25) is 0 Å². The molecule has 0 unspecified atom stereocenters. The molecule has 1 saturated heterocycles. The molecule has 0 radical (unpaired) electrons. The zero-order chi connectivity index (χ0) is 22.8. The summed E-state index contributed by atoms with van der Waals surface area (Å²) in [5.74, 6) is 1.59. The van der Waals surface area contributed by atoms with Gasteiger partial charge in [0.25, 0.3) is 5.91 Å². The highest BCUT2D eigenvalue weighted by molar-refractivity contribution is 9.10. The number of carbonyl (C=O) groups is 1. The number of halogens is 1. The molecule has 1 aliphatic heterocycles. The molecule has 3 aliphatic rings. The molecular weight excluding hydrogens is 496 g/mol. The number of carbonyl (C=O) groups excluding carboxylic acids is 1. The molecule has 2 heterocycles. The van der Waals surface area contributed by atoms with E-state index in [4.69, 9.17) is 9.41 Å². The van der Waals surface area contributed by atoms with Crippen LogP contribution < -0.4 is 0 Å². The molecular formula is C27H31BrN2O2S. The average Bonchev–Trinajstić information content (AvgIpc) is 3.40. The number of amides is 1. The van der Waals surface area contributed by atoms with E-state index < -0.39 is 0 Å². The first-order valence-corrected chi connectivity index (χ1v) is 13.9. The van der Waals surface area contributed by atoms with E-state index in [-0.39, 0.29) is 11.9 Å². The van der Waals surface area contributed by atoms with E-state index in [2.05, 4.69) is 41.1 Å². The molecule has 33 heavy (non-hydrogen) atoms. The summed E-state index contributed by atoms with van der Waals surface area (Å²) < 4.78 is 7.14. The van der Waals surface area contributed by atoms with Gasteiger partial charge in [-0.2, -0.15) is 0 Å². The number of hydrogen-bond acceptors (Lipinski definition) is 4. The molecule has 5 rings (SSSR count). The fourth-order valence-electron chi connectivity index (χ4n) is 5.13. The van der Waals surface area contributed by atoms with E-state index in [0.29, 0.717) is 11.8 Å². The second-order valence-electron chi connectivity index (χ2n) is 9.47. The number of aryl methyl sites for hydroxylation is 1. The Kier molecular flexibility index (Phi) is 7.12. The maximum absolute atomic E-state index is 13.5. The molecule has 2 aromatic rings. The topological polar surface area (TPSA) is 45.8 Å². The van der Waals surface area contributed by atoms with Gasteiger partial charge in [0, 0.05) is 22.2 Å². The smallest absolute Gasteiger partial charge is 0.267 e. The third kappa shape index (κ3) is 5.17. The monoisotopic (exact) mass is 526 g/mol. The van der Waals surface area contributed by atoms with Gasteiger partial charge in [-0.15, -0.1) is 0 Å². The first-order chi connectivity index (χ1) is 16.1. The van der Waals surface area contributed by atoms with Crippen LogP contribution in [0.15, 0.2) is 49.1 Å². The van der Waals surface area contributed by atoms with Crippen LogP contribution in [0.3, 0.4) is 0 Å². The lowest BCUT2D eigenvalue weighted by Gasteiger charge is -2.31. The van der Waals surface area contributed by atoms with Crippen LogP contribution in [0.5, 0.6) is 0 Å². The van der Waals surface area contributed by atoms with Gasteiger partial charge in [0.1, 0.15) is 11.5 Å². The SMILES string of the molecule is Cc1ccc(-c2ccc(C=C3SC(=NC4CCCCC4)N(C4CCCCC4)C3=O)o2)c(Br)c1. The number of amidine groups is 1. The summed E-state index contributed by atoms with van der Waals surface area (Å²) in [6, 6.07) is 10.8. The van der Waals surface area contributed by atoms with Crippen molar-refractivity contribution in [1.82, 2.24) is 4.90 Å². The molecule has 2 aliphatic carbocycles. The lowest BCUT2D eigenvalue weighted by Crippen LogP contribution is -2.41. The number of benzene rings is 1. The van der Waals surface area contributed by atoms with Crippen molar-refractivity contribution >= 4 is 44.8 Å². The molecule has 0 N–H and O–H groups in total. The van der Waals surface area contributed by atoms with Gasteiger partial charge < -0.3 is 4.42 Å². The maximum Gasteiger partial charge on any atom is 0.267 e. The van der Waals surface area contributed by atoms with Crippen LogP contribution in [-0.4, -0.2) is 28.1 Å². The number of hydrogen-bond donors (Lipinski definition) is 0. The van der Waals surface area contributed by atoms with Gasteiger partial charge in [-0.25, -0.2) is 0 Å². The van der Waals surface area contributed by atoms with Crippen molar-refractivity contribution in [2.45, 2.75) is 83.2 Å². The van der Waals surface area contributed by atoms with Crippen molar-refractivity contribution in [3.8, 4) is 11.3 Å². The van der Waals surface area contributed by atoms with Gasteiger partial charge >= 0.3 is 0 Å². The Morgan fingerprint density at radius 2 is 1.76 bits per heavy atom. The lowest BCUT2D eigenvalue weighted by atomic mass is 9.94. The van der Waals surface area contributed by atoms with Crippen molar-refractivity contribution in [2.75, 3.05) is 0 Å². The summed E-state index contributed by atoms with van der Waals surface area (Å²) in [6.07, 6.45) is 13.8. The Morgan fingerprint density at radius 3 is 2.48 bits per heavy atom. The van der Waals surface area contributed by atoms with Gasteiger partial charge in [-0.3, -0.25) is 14.7 Å². The first-order valence-electron chi connectivity index (χ1n) is 12.3. The van der Waals surface area contributed by atoms with Gasteiger partial charge in [0.05, 0.1) is 10.9 Å². The molecule has 1 amide bonds. The lowest BCUT2D eigenvalue weighted by molar-refractivity contribution is -0.124. The minimum absolute atomic E-state index is 0.0934. The Balaban J connectivity index is 1.42. The van der Waals surface area contributed by atoms with Crippen LogP contribution >= 0.6 is 27.7 Å². The molecule has 2 saturated carbocycles. The van der Waals surface area contributed by atoms with Crippen LogP contribution in [0, 0.1) is 6.92 Å². The predicted octanol–water partition coefficient (Wildman–Crippen LogP) is 7.96. The van der Waals surface area contributed by atoms with Crippen molar-refractivity contribution in [2.24, 2.45) is 4.99 Å². The van der Waals surface area contributed by atoms with Crippen LogP contribution in [-0.2, 0) is 4.79 Å². The van der Waals surface area contributed by atoms with Crippen LogP contribution in [0.4, 0.5) is 0 Å². The molecule has 0 spiro atoms. The van der Waals surface area contributed by atoms with Gasteiger partial charge in [0.15, 0.2) is 5.17 Å². The number of aliphatic imine (C=N–C) groups is 1. The zero-order valence-corrected chi connectivity index (χ0v) is 21.6. The first kappa shape index (κ1) is 23.0. The summed E-state index contributed by atoms with van der Waals surface area (Å²) in [7, 11) is 0. The quantitative estimate of drug-likeness (QED) is 0.379. The molecule has 1 aromatic carbocycles. The van der Waals surface area contributed by atoms with Gasteiger partial charge in [-0.1, -0.05) is 60.5 Å². The van der Waals surface area contributed by atoms with Crippen molar-refractivity contribution in [1.29, 1.82) is 0 Å². The van der Waals surface area contributed by atoms with Crippen molar-refractivity contribution < 1.29 is 9.21 Å². The number of furan rings is 1. The second kappa shape index (κ2) is 10.2. The Hall–Kier alpha value is -1.79. The normalized spacial score (nSPS) is 23.2. The molecule has 0 bridgehead atoms. The van der Waals surface area contributed by atoms with E-state index in [1.165, 1.54) is 55.9 Å². The minimum atomic E-state index is 0.0934. The molecule has 4 nitrogen and oxygen atoms in total. The van der Waals surface area contributed by atoms with E-state index in [9.17, 15) is 4.79 Å². The largest absolute Gasteiger partial charge is 0.457 e. The van der Waals surface area contributed by atoms with Gasteiger partial charge in [0.2, 0.25) is 0 Å². The standard InChI is InChI=1S/C27H31BrN2O2S/c1-18-12-14-22(23(28)16-18)24-15-13-21(32-24)17-25-26(31)30(20-10-6-3-7-11-20)27(33-25)29-19-8-4-2-5-9-19/h12-17,19-20H,2-11H2,1H3. The second-order valence-corrected chi connectivity index (χ2v) is 11.3. The summed E-state index contributed by atoms with van der Waals surface area (Å²) >= 11 is 5.18.